The number of halogens is 3. The first-order chi connectivity index (χ1) is 15.8. The van der Waals surface area contributed by atoms with E-state index in [1.54, 1.807) is 0 Å². The lowest BCUT2D eigenvalue weighted by atomic mass is 10.1. The zero-order chi connectivity index (χ0) is 25.4. The van der Waals surface area contributed by atoms with E-state index >= 15 is 0 Å². The van der Waals surface area contributed by atoms with E-state index in [0.717, 1.165) is 16.5 Å². The Morgan fingerprint density at radius 3 is 2.44 bits per heavy atom. The van der Waals surface area contributed by atoms with Crippen LogP contribution in [0.4, 0.5) is 13.2 Å². The maximum atomic E-state index is 14.3. The summed E-state index contributed by atoms with van der Waals surface area (Å²) in [4.78, 5) is 55.3. The number of nitrogens with one attached hydrogen (secondary N) is 1. The highest BCUT2D eigenvalue weighted by Crippen LogP contribution is 2.40. The summed E-state index contributed by atoms with van der Waals surface area (Å²) in [6, 6.07) is 3.66. The van der Waals surface area contributed by atoms with E-state index in [0.29, 0.717) is 10.5 Å². The molecule has 2 aromatic rings. The molecule has 2 heterocycles. The summed E-state index contributed by atoms with van der Waals surface area (Å²) in [5.41, 5.74) is -1.33. The molecule has 3 rings (SSSR count). The van der Waals surface area contributed by atoms with Crippen LogP contribution in [0.25, 0.3) is 0 Å². The Morgan fingerprint density at radius 1 is 1.24 bits per heavy atom. The first-order valence-corrected chi connectivity index (χ1v) is 10.0. The Balaban J connectivity index is 1.97. The molecule has 1 aliphatic rings. The van der Waals surface area contributed by atoms with Gasteiger partial charge in [0, 0.05) is 34.1 Å². The van der Waals surface area contributed by atoms with Crippen LogP contribution in [-0.2, 0) is 23.2 Å². The van der Waals surface area contributed by atoms with Gasteiger partial charge in [0.1, 0.15) is 11.6 Å². The van der Waals surface area contributed by atoms with E-state index in [1.807, 2.05) is 0 Å². The van der Waals surface area contributed by atoms with E-state index in [4.69, 9.17) is 0 Å². The van der Waals surface area contributed by atoms with Crippen LogP contribution >= 0.6 is 0 Å². The smallest absolute Gasteiger partial charge is 0.312 e. The molecule has 1 atom stereocenters. The van der Waals surface area contributed by atoms with Gasteiger partial charge >= 0.3 is 11.8 Å². The third kappa shape index (κ3) is 4.87. The number of aromatic hydroxyl groups is 1. The third-order valence-corrected chi connectivity index (χ3v) is 5.30. The molecule has 0 saturated carbocycles. The third-order valence-electron chi connectivity index (χ3n) is 5.30. The number of nitrogens with zero attached hydrogens (tertiary/aromatic N) is 4. The molecule has 13 heteroatoms. The molecule has 0 aliphatic carbocycles. The molecule has 0 unspecified atom stereocenters. The van der Waals surface area contributed by atoms with Crippen molar-refractivity contribution < 1.29 is 32.7 Å². The van der Waals surface area contributed by atoms with E-state index in [9.17, 15) is 37.5 Å². The van der Waals surface area contributed by atoms with Crippen LogP contribution in [0.2, 0.25) is 0 Å². The molecule has 182 valence electrons. The predicted octanol–water partition coefficient (Wildman–Crippen LogP) is 0.552. The second-order valence-electron chi connectivity index (χ2n) is 8.05. The maximum absolute atomic E-state index is 14.3. The van der Waals surface area contributed by atoms with Crippen LogP contribution in [0.3, 0.4) is 0 Å². The summed E-state index contributed by atoms with van der Waals surface area (Å²) in [7, 11) is 3.70. The molecule has 1 aromatic heterocycles. The highest BCUT2D eigenvalue weighted by molar-refractivity contribution is 6.34. The molecule has 10 nitrogen and oxygen atoms in total. The topological polar surface area (TPSA) is 125 Å². The highest BCUT2D eigenvalue weighted by Gasteiger charge is 2.50. The minimum absolute atomic E-state index is 0.103. The van der Waals surface area contributed by atoms with E-state index in [-0.39, 0.29) is 6.54 Å². The second kappa shape index (κ2) is 9.15. The van der Waals surface area contributed by atoms with Gasteiger partial charge < -0.3 is 20.2 Å². The molecular formula is C21H22F3N5O5. The van der Waals surface area contributed by atoms with Gasteiger partial charge in [-0.3, -0.25) is 23.7 Å². The summed E-state index contributed by atoms with van der Waals surface area (Å²) >= 11 is 0. The Bertz CT molecular complexity index is 1200. The van der Waals surface area contributed by atoms with Gasteiger partial charge in [0.15, 0.2) is 5.69 Å². The number of aromatic nitrogens is 2. The van der Waals surface area contributed by atoms with Crippen molar-refractivity contribution in [2.75, 3.05) is 20.6 Å². The molecule has 0 spiro atoms. The first kappa shape index (κ1) is 24.7. The Morgan fingerprint density at radius 2 is 1.85 bits per heavy atom. The lowest BCUT2D eigenvalue weighted by Gasteiger charge is -2.25. The Labute approximate surface area is 191 Å². The van der Waals surface area contributed by atoms with Gasteiger partial charge in [0.2, 0.25) is 5.75 Å². The lowest BCUT2D eigenvalue weighted by Crippen LogP contribution is -2.44. The SMILES string of the molecule is CN(C)C(=O)C(=O)N1CC(F)(F)C[C@H]1c1nc(C(=O)NCc2ccc(F)cc2)c(O)c(=O)n1C. The Hall–Kier alpha value is -3.90. The fourth-order valence-corrected chi connectivity index (χ4v) is 3.51. The van der Waals surface area contributed by atoms with Crippen molar-refractivity contribution in [2.24, 2.45) is 7.05 Å². The van der Waals surface area contributed by atoms with Crippen molar-refractivity contribution in [1.29, 1.82) is 0 Å². The average molecular weight is 481 g/mol. The standard InChI is InChI=1S/C21H22F3N5O5/c1-27(2)19(33)20(34)29-10-21(23,24)8-13(29)16-26-14(15(30)18(32)28(16)3)17(31)25-9-11-4-6-12(22)7-5-11/h4-7,13,30H,8-10H2,1-3H3,(H,25,31)/t13-/m0/s1. The van der Waals surface area contributed by atoms with Gasteiger partial charge in [0.25, 0.3) is 17.4 Å². The molecule has 1 aromatic carbocycles. The zero-order valence-electron chi connectivity index (χ0n) is 18.5. The van der Waals surface area contributed by atoms with Gasteiger partial charge in [-0.15, -0.1) is 0 Å². The molecule has 0 bridgehead atoms. The van der Waals surface area contributed by atoms with Crippen LogP contribution in [0, 0.1) is 5.82 Å². The summed E-state index contributed by atoms with van der Waals surface area (Å²) in [6.07, 6.45) is -0.943. The van der Waals surface area contributed by atoms with Gasteiger partial charge in [-0.1, -0.05) is 12.1 Å². The zero-order valence-corrected chi connectivity index (χ0v) is 18.5. The van der Waals surface area contributed by atoms with Crippen LogP contribution in [0.1, 0.15) is 34.3 Å². The molecule has 3 amide bonds. The quantitative estimate of drug-likeness (QED) is 0.615. The van der Waals surface area contributed by atoms with E-state index in [2.05, 4.69) is 10.3 Å². The summed E-state index contributed by atoms with van der Waals surface area (Å²) in [5.74, 6) is -8.55. The minimum atomic E-state index is -3.38. The molecular weight excluding hydrogens is 459 g/mol. The molecule has 0 radical (unpaired) electrons. The van der Waals surface area contributed by atoms with Crippen LogP contribution in [-0.4, -0.2) is 68.7 Å². The summed E-state index contributed by atoms with van der Waals surface area (Å²) < 4.78 is 42.3. The van der Waals surface area contributed by atoms with Crippen LogP contribution in [0.5, 0.6) is 5.75 Å². The fraction of sp³-hybridized carbons (Fsp3) is 0.381. The van der Waals surface area contributed by atoms with Gasteiger partial charge in [0.05, 0.1) is 12.6 Å². The molecule has 1 fully saturated rings. The van der Waals surface area contributed by atoms with Crippen molar-refractivity contribution in [3.8, 4) is 5.75 Å². The van der Waals surface area contributed by atoms with E-state index < -0.39 is 71.3 Å². The van der Waals surface area contributed by atoms with Crippen LogP contribution < -0.4 is 10.9 Å². The number of likely N-dealkylation sites (N-methyl/N-ethyl adjacent to an activating group) is 1. The molecule has 1 aliphatic heterocycles. The second-order valence-corrected chi connectivity index (χ2v) is 8.05. The fourth-order valence-electron chi connectivity index (χ4n) is 3.51. The minimum Gasteiger partial charge on any atom is -0.501 e. The van der Waals surface area contributed by atoms with Crippen molar-refractivity contribution >= 4 is 17.7 Å². The first-order valence-electron chi connectivity index (χ1n) is 10.0. The van der Waals surface area contributed by atoms with Gasteiger partial charge in [-0.2, -0.15) is 0 Å². The number of benzene rings is 1. The largest absolute Gasteiger partial charge is 0.501 e. The number of carbonyl (C=O) groups is 3. The molecule has 2 N–H and O–H groups in total. The van der Waals surface area contributed by atoms with Crippen molar-refractivity contribution in [1.82, 2.24) is 24.7 Å². The number of carbonyl (C=O) groups excluding carboxylic acids is 3. The number of amides is 3. The molecule has 34 heavy (non-hydrogen) atoms. The summed E-state index contributed by atoms with van der Waals surface area (Å²) in [5, 5.41) is 12.6. The van der Waals surface area contributed by atoms with E-state index in [1.165, 1.54) is 38.4 Å². The number of alkyl halides is 2. The summed E-state index contributed by atoms with van der Waals surface area (Å²) in [6.45, 7) is -1.19. The Kier molecular flexibility index (Phi) is 6.66. The normalized spacial score (nSPS) is 16.9. The number of likely N-dealkylation sites (tertiary alicyclic amines) is 1. The molecule has 1 saturated heterocycles. The highest BCUT2D eigenvalue weighted by atomic mass is 19.3. The van der Waals surface area contributed by atoms with Gasteiger partial charge in [-0.05, 0) is 17.7 Å². The number of hydrogen-bond donors (Lipinski definition) is 2. The predicted molar refractivity (Wildman–Crippen MR) is 111 cm³/mol. The lowest BCUT2D eigenvalue weighted by molar-refractivity contribution is -0.151. The maximum Gasteiger partial charge on any atom is 0.312 e. The van der Waals surface area contributed by atoms with Crippen molar-refractivity contribution in [3.63, 3.8) is 0 Å². The number of hydrogen-bond acceptors (Lipinski definition) is 6. The van der Waals surface area contributed by atoms with Crippen LogP contribution in [0.15, 0.2) is 29.1 Å². The van der Waals surface area contributed by atoms with Crippen molar-refractivity contribution in [3.05, 3.63) is 57.5 Å². The monoisotopic (exact) mass is 481 g/mol. The van der Waals surface area contributed by atoms with Crippen molar-refractivity contribution in [2.45, 2.75) is 24.9 Å². The number of rotatable bonds is 4. The van der Waals surface area contributed by atoms with Gasteiger partial charge in [-0.25, -0.2) is 18.2 Å². The average Bonchev–Trinajstić information content (AvgIpc) is 3.11.